The van der Waals surface area contributed by atoms with Crippen LogP contribution in [0.5, 0.6) is 0 Å². The highest BCUT2D eigenvalue weighted by Crippen LogP contribution is 2.60. The van der Waals surface area contributed by atoms with E-state index in [0.29, 0.717) is 0 Å². The van der Waals surface area contributed by atoms with E-state index >= 15 is 0 Å². The molecular formula is C24H28BrOP. The SMILES string of the molecule is CCCCCC(O)[P+](c1ccccc1)(c1ccccc1)c1ccccc1.[Br-]. The van der Waals surface area contributed by atoms with E-state index in [9.17, 15) is 5.11 Å². The summed E-state index contributed by atoms with van der Waals surface area (Å²) in [6.07, 6.45) is 4.22. The molecule has 1 atom stereocenters. The van der Waals surface area contributed by atoms with Crippen LogP contribution in [0.3, 0.4) is 0 Å². The van der Waals surface area contributed by atoms with Crippen LogP contribution in [0, 0.1) is 0 Å². The third-order valence-electron chi connectivity index (χ3n) is 5.00. The second-order valence-corrected chi connectivity index (χ2v) is 10.3. The van der Waals surface area contributed by atoms with Crippen LogP contribution in [0.4, 0.5) is 0 Å². The summed E-state index contributed by atoms with van der Waals surface area (Å²) in [6.45, 7) is 2.21. The summed E-state index contributed by atoms with van der Waals surface area (Å²) in [7, 11) is -2.13. The molecule has 1 unspecified atom stereocenters. The number of aliphatic hydroxyl groups excluding tert-OH is 1. The van der Waals surface area contributed by atoms with Gasteiger partial charge in [-0.2, -0.15) is 0 Å². The quantitative estimate of drug-likeness (QED) is 0.417. The molecule has 0 aliphatic carbocycles. The van der Waals surface area contributed by atoms with Gasteiger partial charge < -0.3 is 22.1 Å². The number of rotatable bonds is 8. The lowest BCUT2D eigenvalue weighted by molar-refractivity contribution is -0.00000650. The summed E-state index contributed by atoms with van der Waals surface area (Å²) in [5, 5.41) is 15.3. The van der Waals surface area contributed by atoms with E-state index in [1.807, 2.05) is 0 Å². The van der Waals surface area contributed by atoms with Crippen LogP contribution in [0.25, 0.3) is 0 Å². The molecule has 3 aromatic carbocycles. The van der Waals surface area contributed by atoms with Crippen molar-refractivity contribution in [1.82, 2.24) is 0 Å². The summed E-state index contributed by atoms with van der Waals surface area (Å²) in [5.74, 6) is -0.374. The smallest absolute Gasteiger partial charge is 0.178 e. The second-order valence-electron chi connectivity index (χ2n) is 6.71. The van der Waals surface area contributed by atoms with Gasteiger partial charge in [0, 0.05) is 6.42 Å². The van der Waals surface area contributed by atoms with Crippen molar-refractivity contribution in [2.75, 3.05) is 0 Å². The summed E-state index contributed by atoms with van der Waals surface area (Å²) in [6, 6.07) is 31.9. The summed E-state index contributed by atoms with van der Waals surface area (Å²) in [5.41, 5.74) is 0. The molecule has 0 aliphatic rings. The van der Waals surface area contributed by atoms with E-state index in [1.165, 1.54) is 22.3 Å². The minimum Gasteiger partial charge on any atom is -1.00 e. The van der Waals surface area contributed by atoms with E-state index in [4.69, 9.17) is 0 Å². The lowest BCUT2D eigenvalue weighted by Gasteiger charge is -2.31. The van der Waals surface area contributed by atoms with Gasteiger partial charge in [0.2, 0.25) is 0 Å². The Hall–Kier alpha value is -1.47. The zero-order chi connectivity index (χ0) is 18.2. The van der Waals surface area contributed by atoms with Gasteiger partial charge in [0.1, 0.15) is 23.2 Å². The van der Waals surface area contributed by atoms with Gasteiger partial charge in [0.15, 0.2) is 5.85 Å². The van der Waals surface area contributed by atoms with Crippen LogP contribution >= 0.6 is 7.26 Å². The highest BCUT2D eigenvalue weighted by atomic mass is 79.9. The van der Waals surface area contributed by atoms with Crippen LogP contribution < -0.4 is 32.9 Å². The zero-order valence-corrected chi connectivity index (χ0v) is 18.3. The van der Waals surface area contributed by atoms with E-state index in [0.717, 1.165) is 19.3 Å². The van der Waals surface area contributed by atoms with E-state index in [2.05, 4.69) is 97.9 Å². The average Bonchev–Trinajstić information content (AvgIpc) is 2.71. The molecule has 0 amide bonds. The molecule has 3 heteroatoms. The van der Waals surface area contributed by atoms with E-state index < -0.39 is 7.26 Å². The van der Waals surface area contributed by atoms with Gasteiger partial charge >= 0.3 is 0 Å². The van der Waals surface area contributed by atoms with Crippen molar-refractivity contribution < 1.29 is 22.1 Å². The van der Waals surface area contributed by atoms with Gasteiger partial charge in [-0.15, -0.1) is 0 Å². The first-order chi connectivity index (χ1) is 12.8. The molecule has 0 spiro atoms. The molecule has 1 N–H and O–H groups in total. The first-order valence-electron chi connectivity index (χ1n) is 9.53. The van der Waals surface area contributed by atoms with E-state index in [1.54, 1.807) is 0 Å². The Morgan fingerprint density at radius 3 is 1.37 bits per heavy atom. The Kier molecular flexibility index (Phi) is 8.70. The summed E-state index contributed by atoms with van der Waals surface area (Å²) < 4.78 is 0. The monoisotopic (exact) mass is 442 g/mol. The lowest BCUT2D eigenvalue weighted by atomic mass is 10.2. The highest BCUT2D eigenvalue weighted by molar-refractivity contribution is 7.96. The molecular weight excluding hydrogens is 415 g/mol. The second kappa shape index (κ2) is 10.8. The van der Waals surface area contributed by atoms with Crippen molar-refractivity contribution >= 4 is 23.2 Å². The van der Waals surface area contributed by atoms with Gasteiger partial charge in [-0.25, -0.2) is 0 Å². The number of hydrogen-bond donors (Lipinski definition) is 1. The van der Waals surface area contributed by atoms with Crippen LogP contribution in [-0.4, -0.2) is 11.0 Å². The predicted molar refractivity (Wildman–Crippen MR) is 115 cm³/mol. The van der Waals surface area contributed by atoms with Gasteiger partial charge in [0.25, 0.3) is 0 Å². The standard InChI is InChI=1S/C24H28OP.BrH/c1-2-3-7-20-24(25)26(21-14-8-4-9-15-21,22-16-10-5-11-17-22)23-18-12-6-13-19-23;/h4-6,8-19,24-25H,2-3,7,20H2,1H3;1H/q+1;/p-1. The number of benzene rings is 3. The molecule has 27 heavy (non-hydrogen) atoms. The molecule has 0 aliphatic heterocycles. The van der Waals surface area contributed by atoms with Crippen LogP contribution in [0.1, 0.15) is 32.6 Å². The number of aliphatic hydroxyl groups is 1. The predicted octanol–water partition coefficient (Wildman–Crippen LogP) is 1.88. The Morgan fingerprint density at radius 1 is 0.667 bits per heavy atom. The number of hydrogen-bond acceptors (Lipinski definition) is 1. The van der Waals surface area contributed by atoms with Crippen molar-refractivity contribution in [3.8, 4) is 0 Å². The molecule has 0 heterocycles. The third-order valence-corrected chi connectivity index (χ3v) is 9.49. The fourth-order valence-corrected chi connectivity index (χ4v) is 8.15. The normalized spacial score (nSPS) is 12.2. The van der Waals surface area contributed by atoms with Crippen LogP contribution in [-0.2, 0) is 0 Å². The number of halogens is 1. The first-order valence-corrected chi connectivity index (χ1v) is 11.4. The fraction of sp³-hybridized carbons (Fsp3) is 0.250. The lowest BCUT2D eigenvalue weighted by Crippen LogP contribution is -3.00. The molecule has 0 fully saturated rings. The van der Waals surface area contributed by atoms with Crippen molar-refractivity contribution in [2.45, 2.75) is 38.5 Å². The van der Waals surface area contributed by atoms with Crippen molar-refractivity contribution in [2.24, 2.45) is 0 Å². The minimum atomic E-state index is -2.13. The zero-order valence-electron chi connectivity index (χ0n) is 15.8. The molecule has 1 nitrogen and oxygen atoms in total. The Bertz CT molecular complexity index is 681. The topological polar surface area (TPSA) is 20.2 Å². The van der Waals surface area contributed by atoms with E-state index in [-0.39, 0.29) is 22.8 Å². The van der Waals surface area contributed by atoms with Crippen LogP contribution in [0.15, 0.2) is 91.0 Å². The maximum Gasteiger partial charge on any atom is 0.178 e. The molecule has 3 rings (SSSR count). The molecule has 0 saturated carbocycles. The fourth-order valence-electron chi connectivity index (χ4n) is 3.72. The van der Waals surface area contributed by atoms with Crippen molar-refractivity contribution in [1.29, 1.82) is 0 Å². The molecule has 0 aromatic heterocycles. The Labute approximate surface area is 174 Å². The van der Waals surface area contributed by atoms with Crippen molar-refractivity contribution in [3.05, 3.63) is 91.0 Å². The molecule has 142 valence electrons. The molecule has 0 radical (unpaired) electrons. The van der Waals surface area contributed by atoms with Crippen molar-refractivity contribution in [3.63, 3.8) is 0 Å². The van der Waals surface area contributed by atoms with Gasteiger partial charge in [-0.1, -0.05) is 74.4 Å². The average molecular weight is 443 g/mol. The molecule has 0 saturated heterocycles. The molecule has 0 bridgehead atoms. The van der Waals surface area contributed by atoms with Gasteiger partial charge in [-0.3, -0.25) is 0 Å². The summed E-state index contributed by atoms with van der Waals surface area (Å²) >= 11 is 0. The third kappa shape index (κ3) is 4.69. The largest absolute Gasteiger partial charge is 1.00 e. The molecule has 3 aromatic rings. The maximum atomic E-state index is 11.6. The Morgan fingerprint density at radius 2 is 1.04 bits per heavy atom. The van der Waals surface area contributed by atoms with Crippen LogP contribution in [0.2, 0.25) is 0 Å². The minimum absolute atomic E-state index is 0. The van der Waals surface area contributed by atoms with Gasteiger partial charge in [-0.05, 0) is 42.8 Å². The first kappa shape index (κ1) is 21.8. The Balaban J connectivity index is 0.00000261. The highest BCUT2D eigenvalue weighted by Gasteiger charge is 2.51. The van der Waals surface area contributed by atoms with Gasteiger partial charge in [0.05, 0.1) is 0 Å². The maximum absolute atomic E-state index is 11.6. The summed E-state index contributed by atoms with van der Waals surface area (Å²) in [4.78, 5) is 0. The number of unbranched alkanes of at least 4 members (excludes halogenated alkanes) is 2.